The molecule has 0 N–H and O–H groups in total. The number of ether oxygens (including phenoxy) is 1. The van der Waals surface area contributed by atoms with Gasteiger partial charge in [0.1, 0.15) is 11.3 Å². The van der Waals surface area contributed by atoms with Crippen LogP contribution >= 0.6 is 11.3 Å². The molecule has 1 aliphatic rings. The second kappa shape index (κ2) is 6.76. The van der Waals surface area contributed by atoms with E-state index in [2.05, 4.69) is 11.2 Å². The van der Waals surface area contributed by atoms with Crippen LogP contribution in [0, 0.1) is 0 Å². The lowest BCUT2D eigenvalue weighted by atomic mass is 10.1. The summed E-state index contributed by atoms with van der Waals surface area (Å²) >= 11 is 1.72. The maximum atomic E-state index is 13.4. The van der Waals surface area contributed by atoms with Gasteiger partial charge < -0.3 is 4.74 Å². The number of hydrogen-bond donors (Lipinski definition) is 0. The SMILES string of the molecule is CCOC(=O)c1cnn(CN2CCc3sccc3C2)c1C(F)F. The zero-order chi connectivity index (χ0) is 16.4. The fourth-order valence-corrected chi connectivity index (χ4v) is 3.61. The first-order valence-corrected chi connectivity index (χ1v) is 8.26. The number of alkyl halides is 2. The van der Waals surface area contributed by atoms with Crippen molar-refractivity contribution >= 4 is 17.3 Å². The topological polar surface area (TPSA) is 47.4 Å². The molecule has 0 saturated carbocycles. The number of fused-ring (bicyclic) bond motifs is 1. The van der Waals surface area contributed by atoms with Crippen LogP contribution in [0.3, 0.4) is 0 Å². The van der Waals surface area contributed by atoms with Gasteiger partial charge in [-0.1, -0.05) is 0 Å². The molecule has 2 aromatic heterocycles. The van der Waals surface area contributed by atoms with Gasteiger partial charge in [-0.3, -0.25) is 4.90 Å². The Balaban J connectivity index is 1.79. The van der Waals surface area contributed by atoms with Crippen molar-refractivity contribution in [1.29, 1.82) is 0 Å². The molecule has 0 aromatic carbocycles. The van der Waals surface area contributed by atoms with Crippen LogP contribution in [-0.4, -0.2) is 33.8 Å². The summed E-state index contributed by atoms with van der Waals surface area (Å²) in [5, 5.41) is 6.02. The Hall–Kier alpha value is -1.80. The van der Waals surface area contributed by atoms with Crippen molar-refractivity contribution in [2.24, 2.45) is 0 Å². The summed E-state index contributed by atoms with van der Waals surface area (Å²) < 4.78 is 32.8. The minimum absolute atomic E-state index is 0.139. The standard InChI is InChI=1S/C15H17F2N3O2S/c1-2-22-15(21)11-7-18-20(13(11)14(16)17)9-19-5-3-12-10(8-19)4-6-23-12/h4,6-7,14H,2-3,5,8-9H2,1H3. The van der Waals surface area contributed by atoms with E-state index in [1.165, 1.54) is 21.3 Å². The summed E-state index contributed by atoms with van der Waals surface area (Å²) in [4.78, 5) is 15.2. The van der Waals surface area contributed by atoms with E-state index in [1.54, 1.807) is 18.3 Å². The summed E-state index contributed by atoms with van der Waals surface area (Å²) in [6, 6.07) is 2.06. The van der Waals surface area contributed by atoms with E-state index in [1.807, 2.05) is 10.3 Å². The third-order valence-electron chi connectivity index (χ3n) is 3.80. The van der Waals surface area contributed by atoms with E-state index < -0.39 is 12.4 Å². The van der Waals surface area contributed by atoms with E-state index in [-0.39, 0.29) is 24.5 Å². The molecule has 5 nitrogen and oxygen atoms in total. The number of esters is 1. The van der Waals surface area contributed by atoms with Crippen LogP contribution in [0.15, 0.2) is 17.6 Å². The molecular formula is C15H17F2N3O2S. The van der Waals surface area contributed by atoms with Crippen molar-refractivity contribution < 1.29 is 18.3 Å². The highest BCUT2D eigenvalue weighted by atomic mass is 32.1. The molecule has 0 radical (unpaired) electrons. The fourth-order valence-electron chi connectivity index (χ4n) is 2.72. The highest BCUT2D eigenvalue weighted by Gasteiger charge is 2.27. The van der Waals surface area contributed by atoms with Crippen LogP contribution < -0.4 is 0 Å². The second-order valence-electron chi connectivity index (χ2n) is 5.28. The maximum Gasteiger partial charge on any atom is 0.341 e. The van der Waals surface area contributed by atoms with Crippen LogP contribution in [0.25, 0.3) is 0 Å². The minimum atomic E-state index is -2.78. The van der Waals surface area contributed by atoms with Gasteiger partial charge >= 0.3 is 5.97 Å². The molecule has 2 aromatic rings. The zero-order valence-corrected chi connectivity index (χ0v) is 13.5. The summed E-state index contributed by atoms with van der Waals surface area (Å²) in [6.45, 7) is 3.49. The number of rotatable bonds is 5. The molecule has 0 atom stereocenters. The van der Waals surface area contributed by atoms with Gasteiger partial charge in [-0.2, -0.15) is 5.10 Å². The molecule has 0 saturated heterocycles. The molecule has 0 amide bonds. The van der Waals surface area contributed by atoms with Gasteiger partial charge in [0.05, 0.1) is 19.5 Å². The van der Waals surface area contributed by atoms with Crippen molar-refractivity contribution in [3.8, 4) is 0 Å². The first-order chi connectivity index (χ1) is 11.1. The smallest absolute Gasteiger partial charge is 0.341 e. The van der Waals surface area contributed by atoms with Crippen molar-refractivity contribution in [2.75, 3.05) is 13.2 Å². The largest absolute Gasteiger partial charge is 0.462 e. The normalized spacial score (nSPS) is 15.0. The molecule has 23 heavy (non-hydrogen) atoms. The maximum absolute atomic E-state index is 13.4. The third kappa shape index (κ3) is 3.28. The Labute approximate surface area is 136 Å². The predicted molar refractivity (Wildman–Crippen MR) is 81.6 cm³/mol. The monoisotopic (exact) mass is 341 g/mol. The Bertz CT molecular complexity index is 699. The number of aromatic nitrogens is 2. The fraction of sp³-hybridized carbons (Fsp3) is 0.467. The number of hydrogen-bond acceptors (Lipinski definition) is 5. The van der Waals surface area contributed by atoms with Gasteiger partial charge in [0.25, 0.3) is 6.43 Å². The Morgan fingerprint density at radius 3 is 3.09 bits per heavy atom. The number of carbonyl (C=O) groups is 1. The molecule has 0 bridgehead atoms. The van der Waals surface area contributed by atoms with Crippen LogP contribution in [0.1, 0.15) is 39.8 Å². The Morgan fingerprint density at radius 2 is 2.35 bits per heavy atom. The van der Waals surface area contributed by atoms with Gasteiger partial charge in [-0.15, -0.1) is 11.3 Å². The molecule has 3 rings (SSSR count). The highest BCUT2D eigenvalue weighted by Crippen LogP contribution is 2.27. The van der Waals surface area contributed by atoms with Gasteiger partial charge in [-0.05, 0) is 30.4 Å². The second-order valence-corrected chi connectivity index (χ2v) is 6.28. The summed E-state index contributed by atoms with van der Waals surface area (Å²) in [7, 11) is 0. The van der Waals surface area contributed by atoms with Crippen LogP contribution in [0.2, 0.25) is 0 Å². The lowest BCUT2D eigenvalue weighted by Crippen LogP contribution is -2.32. The third-order valence-corrected chi connectivity index (χ3v) is 4.83. The molecule has 0 spiro atoms. The van der Waals surface area contributed by atoms with E-state index in [0.29, 0.717) is 6.54 Å². The molecule has 0 unspecified atom stereocenters. The van der Waals surface area contributed by atoms with Crippen molar-refractivity contribution in [1.82, 2.24) is 14.7 Å². The summed E-state index contributed by atoms with van der Waals surface area (Å²) in [6.07, 6.45) is -0.707. The minimum Gasteiger partial charge on any atom is -0.462 e. The predicted octanol–water partition coefficient (Wildman–Crippen LogP) is 3.07. The molecule has 8 heteroatoms. The first kappa shape index (κ1) is 16.1. The first-order valence-electron chi connectivity index (χ1n) is 7.38. The zero-order valence-electron chi connectivity index (χ0n) is 12.7. The number of thiophene rings is 1. The van der Waals surface area contributed by atoms with E-state index in [0.717, 1.165) is 13.0 Å². The van der Waals surface area contributed by atoms with Gasteiger partial charge in [-0.25, -0.2) is 18.3 Å². The number of carbonyl (C=O) groups excluding carboxylic acids is 1. The van der Waals surface area contributed by atoms with Crippen molar-refractivity contribution in [2.45, 2.75) is 33.0 Å². The van der Waals surface area contributed by atoms with Crippen LogP contribution in [0.5, 0.6) is 0 Å². The Morgan fingerprint density at radius 1 is 1.52 bits per heavy atom. The summed E-state index contributed by atoms with van der Waals surface area (Å²) in [5.74, 6) is -0.757. The van der Waals surface area contributed by atoms with Gasteiger partial charge in [0.2, 0.25) is 0 Å². The number of nitrogens with zero attached hydrogens (tertiary/aromatic N) is 3. The lowest BCUT2D eigenvalue weighted by Gasteiger charge is -2.27. The van der Waals surface area contributed by atoms with E-state index in [4.69, 9.17) is 4.74 Å². The molecule has 124 valence electrons. The molecule has 1 aliphatic heterocycles. The quantitative estimate of drug-likeness (QED) is 0.784. The summed E-state index contributed by atoms with van der Waals surface area (Å²) in [5.41, 5.74) is 0.701. The average molecular weight is 341 g/mol. The van der Waals surface area contributed by atoms with Crippen molar-refractivity contribution in [3.63, 3.8) is 0 Å². The number of halogens is 2. The van der Waals surface area contributed by atoms with E-state index >= 15 is 0 Å². The van der Waals surface area contributed by atoms with E-state index in [9.17, 15) is 13.6 Å². The van der Waals surface area contributed by atoms with Crippen molar-refractivity contribution in [3.05, 3.63) is 39.3 Å². The van der Waals surface area contributed by atoms with Gasteiger partial charge in [0, 0.05) is 18.0 Å². The molecule has 0 aliphatic carbocycles. The molecule has 0 fully saturated rings. The molecular weight excluding hydrogens is 324 g/mol. The van der Waals surface area contributed by atoms with Crippen LogP contribution in [-0.2, 0) is 24.4 Å². The average Bonchev–Trinajstić information content (AvgIpc) is 3.13. The molecule has 3 heterocycles. The van der Waals surface area contributed by atoms with Gasteiger partial charge in [0.15, 0.2) is 0 Å². The van der Waals surface area contributed by atoms with Crippen LogP contribution in [0.4, 0.5) is 8.78 Å². The Kier molecular flexibility index (Phi) is 4.72. The lowest BCUT2D eigenvalue weighted by molar-refractivity contribution is 0.0511. The highest BCUT2D eigenvalue weighted by molar-refractivity contribution is 7.10.